The first-order chi connectivity index (χ1) is 15.9. The van der Waals surface area contributed by atoms with E-state index in [0.29, 0.717) is 17.9 Å². The van der Waals surface area contributed by atoms with Crippen molar-refractivity contribution < 1.29 is 29.3 Å². The Morgan fingerprint density at radius 3 is 2.00 bits per heavy atom. The van der Waals surface area contributed by atoms with E-state index in [4.69, 9.17) is 15.6 Å². The molecule has 0 fully saturated rings. The van der Waals surface area contributed by atoms with Gasteiger partial charge in [0.15, 0.2) is 0 Å². The quantitative estimate of drug-likeness (QED) is 0.260. The molecule has 0 radical (unpaired) electrons. The molecule has 0 unspecified atom stereocenters. The third kappa shape index (κ3) is 6.66. The Morgan fingerprint density at radius 2 is 1.45 bits per heavy atom. The highest BCUT2D eigenvalue weighted by Crippen LogP contribution is 2.44. The molecular formula is C23H26N2O6S2. The van der Waals surface area contributed by atoms with Crippen molar-refractivity contribution >= 4 is 39.6 Å². The number of aliphatic carboxylic acids is 2. The van der Waals surface area contributed by atoms with Gasteiger partial charge in [-0.2, -0.15) is 0 Å². The number of amides is 1. The molecule has 2 atom stereocenters. The molecular weight excluding hydrogens is 464 g/mol. The van der Waals surface area contributed by atoms with E-state index < -0.39 is 30.1 Å². The average Bonchev–Trinajstić information content (AvgIpc) is 3.12. The van der Waals surface area contributed by atoms with E-state index in [-0.39, 0.29) is 18.9 Å². The number of nitrogens with two attached hydrogens (primary N) is 1. The van der Waals surface area contributed by atoms with Gasteiger partial charge in [-0.25, -0.2) is 9.59 Å². The zero-order valence-electron chi connectivity index (χ0n) is 17.8. The topological polar surface area (TPSA) is 139 Å². The fraction of sp³-hybridized carbons (Fsp3) is 0.348. The van der Waals surface area contributed by atoms with Crippen LogP contribution in [-0.4, -0.2) is 58.4 Å². The molecule has 5 N–H and O–H groups in total. The lowest BCUT2D eigenvalue weighted by Crippen LogP contribution is -2.41. The third-order valence-electron chi connectivity index (χ3n) is 5.34. The van der Waals surface area contributed by atoms with Crippen LogP contribution < -0.4 is 11.1 Å². The molecule has 0 heterocycles. The highest BCUT2D eigenvalue weighted by molar-refractivity contribution is 8.76. The minimum Gasteiger partial charge on any atom is -0.480 e. The lowest BCUT2D eigenvalue weighted by atomic mass is 9.98. The Morgan fingerprint density at radius 1 is 0.909 bits per heavy atom. The molecule has 0 aromatic heterocycles. The molecule has 33 heavy (non-hydrogen) atoms. The van der Waals surface area contributed by atoms with Gasteiger partial charge >= 0.3 is 18.0 Å². The maximum absolute atomic E-state index is 12.3. The summed E-state index contributed by atoms with van der Waals surface area (Å²) < 4.78 is 5.42. The van der Waals surface area contributed by atoms with Crippen molar-refractivity contribution in [3.63, 3.8) is 0 Å². The average molecular weight is 491 g/mol. The molecule has 8 nitrogen and oxygen atoms in total. The summed E-state index contributed by atoms with van der Waals surface area (Å²) in [4.78, 5) is 34.6. The summed E-state index contributed by atoms with van der Waals surface area (Å²) in [7, 11) is 2.83. The minimum atomic E-state index is -1.14. The van der Waals surface area contributed by atoms with Gasteiger partial charge in [0.1, 0.15) is 18.7 Å². The number of hydrogen-bond acceptors (Lipinski definition) is 7. The van der Waals surface area contributed by atoms with Crippen LogP contribution in [-0.2, 0) is 14.3 Å². The first-order valence-corrected chi connectivity index (χ1v) is 12.9. The summed E-state index contributed by atoms with van der Waals surface area (Å²) in [6.07, 6.45) is -0.232. The van der Waals surface area contributed by atoms with E-state index >= 15 is 0 Å². The van der Waals surface area contributed by atoms with Crippen molar-refractivity contribution in [2.24, 2.45) is 5.73 Å². The molecule has 0 saturated heterocycles. The molecule has 0 aliphatic heterocycles. The van der Waals surface area contributed by atoms with Gasteiger partial charge in [-0.05, 0) is 35.1 Å². The molecule has 1 amide bonds. The number of carboxylic acids is 2. The standard InChI is InChI=1S/C23H26N2O6S2/c24-19(21(26)27)9-11-32-33-12-10-20(22(28)29)25-23(30)31-13-18-16-7-3-1-5-14(16)15-6-2-4-8-17(15)18/h1-8,18-20H,9-13,24H2,(H,25,30)(H,26,27)(H,28,29)/t19-,20-/m0/s1. The van der Waals surface area contributed by atoms with Crippen molar-refractivity contribution in [3.05, 3.63) is 59.7 Å². The second-order valence-corrected chi connectivity index (χ2v) is 10.2. The van der Waals surface area contributed by atoms with E-state index in [0.717, 1.165) is 22.3 Å². The zero-order chi connectivity index (χ0) is 23.8. The van der Waals surface area contributed by atoms with Gasteiger partial charge in [0, 0.05) is 17.4 Å². The maximum atomic E-state index is 12.3. The maximum Gasteiger partial charge on any atom is 0.407 e. The van der Waals surface area contributed by atoms with Gasteiger partial charge in [-0.1, -0.05) is 70.1 Å². The predicted octanol–water partition coefficient (Wildman–Crippen LogP) is 3.55. The van der Waals surface area contributed by atoms with Gasteiger partial charge in [-0.15, -0.1) is 0 Å². The van der Waals surface area contributed by atoms with Gasteiger partial charge in [0.25, 0.3) is 0 Å². The summed E-state index contributed by atoms with van der Waals surface area (Å²) in [6, 6.07) is 14.0. The normalized spacial score (nSPS) is 14.1. The number of carbonyl (C=O) groups is 3. The number of alkyl carbamates (subject to hydrolysis) is 1. The van der Waals surface area contributed by atoms with Crippen LogP contribution in [0.2, 0.25) is 0 Å². The van der Waals surface area contributed by atoms with Gasteiger partial charge in [0.05, 0.1) is 0 Å². The van der Waals surface area contributed by atoms with Gasteiger partial charge < -0.3 is 26.0 Å². The Labute approximate surface area is 199 Å². The van der Waals surface area contributed by atoms with Crippen LogP contribution in [0.15, 0.2) is 48.5 Å². The minimum absolute atomic E-state index is 0.101. The smallest absolute Gasteiger partial charge is 0.407 e. The fourth-order valence-corrected chi connectivity index (χ4v) is 5.82. The summed E-state index contributed by atoms with van der Waals surface area (Å²) in [5.41, 5.74) is 9.83. The lowest BCUT2D eigenvalue weighted by Gasteiger charge is -2.17. The number of nitrogens with one attached hydrogen (secondary N) is 1. The van der Waals surface area contributed by atoms with Gasteiger partial charge in [-0.3, -0.25) is 4.79 Å². The number of ether oxygens (including phenoxy) is 1. The summed E-state index contributed by atoms with van der Waals surface area (Å²) in [5.74, 6) is -1.28. The Hall–Kier alpha value is -2.69. The molecule has 0 saturated carbocycles. The number of fused-ring (bicyclic) bond motifs is 3. The molecule has 2 aromatic carbocycles. The first-order valence-electron chi connectivity index (χ1n) is 10.5. The summed E-state index contributed by atoms with van der Waals surface area (Å²) >= 11 is 0. The second-order valence-electron chi connectivity index (χ2n) is 7.53. The van der Waals surface area contributed by atoms with E-state index in [1.165, 1.54) is 21.6 Å². The van der Waals surface area contributed by atoms with E-state index in [9.17, 15) is 19.5 Å². The zero-order valence-corrected chi connectivity index (χ0v) is 19.4. The van der Waals surface area contributed by atoms with E-state index in [1.807, 2.05) is 48.5 Å². The SMILES string of the molecule is N[C@@H](CCSSCC[C@H](NC(=O)OCC1c2ccccc2-c2ccccc21)C(=O)O)C(=O)O. The number of benzene rings is 2. The van der Waals surface area contributed by atoms with E-state index in [1.54, 1.807) is 0 Å². The Kier molecular flexibility index (Phi) is 9.04. The number of carbonyl (C=O) groups excluding carboxylic acids is 1. The van der Waals surface area contributed by atoms with Crippen molar-refractivity contribution in [2.75, 3.05) is 18.1 Å². The van der Waals surface area contributed by atoms with Crippen LogP contribution in [0.3, 0.4) is 0 Å². The van der Waals surface area contributed by atoms with Crippen LogP contribution in [0.4, 0.5) is 4.79 Å². The molecule has 0 spiro atoms. The molecule has 1 aliphatic carbocycles. The number of hydrogen-bond donors (Lipinski definition) is 4. The van der Waals surface area contributed by atoms with Crippen molar-refractivity contribution in [3.8, 4) is 11.1 Å². The van der Waals surface area contributed by atoms with Crippen LogP contribution in [0.1, 0.15) is 29.9 Å². The monoisotopic (exact) mass is 490 g/mol. The molecule has 10 heteroatoms. The first kappa shape index (κ1) is 24.9. The van der Waals surface area contributed by atoms with Crippen molar-refractivity contribution in [1.29, 1.82) is 0 Å². The lowest BCUT2D eigenvalue weighted by molar-refractivity contribution is -0.140. The third-order valence-corrected chi connectivity index (χ3v) is 7.81. The molecule has 0 bridgehead atoms. The molecule has 3 rings (SSSR count). The summed E-state index contributed by atoms with van der Waals surface area (Å²) in [6.45, 7) is 0.112. The second kappa shape index (κ2) is 12.0. The molecule has 1 aliphatic rings. The van der Waals surface area contributed by atoms with Crippen LogP contribution in [0.25, 0.3) is 11.1 Å². The van der Waals surface area contributed by atoms with Crippen LogP contribution in [0, 0.1) is 0 Å². The Balaban J connectivity index is 1.46. The molecule has 176 valence electrons. The number of carboxylic acid groups (broad SMARTS) is 2. The fourth-order valence-electron chi connectivity index (χ4n) is 3.62. The van der Waals surface area contributed by atoms with Crippen molar-refractivity contribution in [2.45, 2.75) is 30.8 Å². The highest BCUT2D eigenvalue weighted by atomic mass is 33.1. The highest BCUT2D eigenvalue weighted by Gasteiger charge is 2.29. The summed E-state index contributed by atoms with van der Waals surface area (Å²) in [5, 5.41) is 20.6. The largest absolute Gasteiger partial charge is 0.480 e. The van der Waals surface area contributed by atoms with Crippen molar-refractivity contribution in [1.82, 2.24) is 5.32 Å². The van der Waals surface area contributed by atoms with Crippen LogP contribution >= 0.6 is 21.6 Å². The Bertz CT molecular complexity index is 957. The van der Waals surface area contributed by atoms with Gasteiger partial charge in [0.2, 0.25) is 0 Å². The molecule has 2 aromatic rings. The number of rotatable bonds is 12. The van der Waals surface area contributed by atoms with Crippen LogP contribution in [0.5, 0.6) is 0 Å². The predicted molar refractivity (Wildman–Crippen MR) is 129 cm³/mol. The van der Waals surface area contributed by atoms with E-state index in [2.05, 4.69) is 5.32 Å².